The van der Waals surface area contributed by atoms with Gasteiger partial charge in [0.15, 0.2) is 0 Å². The van der Waals surface area contributed by atoms with Crippen LogP contribution in [0.4, 0.5) is 11.9 Å². The molecule has 0 unspecified atom stereocenters. The van der Waals surface area contributed by atoms with Crippen LogP contribution in [0.25, 0.3) is 0 Å². The van der Waals surface area contributed by atoms with Gasteiger partial charge in [0.2, 0.25) is 11.9 Å². The summed E-state index contributed by atoms with van der Waals surface area (Å²) < 4.78 is 7.09. The lowest BCUT2D eigenvalue weighted by molar-refractivity contribution is -0.114. The van der Waals surface area contributed by atoms with Crippen molar-refractivity contribution in [1.29, 1.82) is 0 Å². The molecule has 0 aliphatic carbocycles. The summed E-state index contributed by atoms with van der Waals surface area (Å²) in [7, 11) is 1.64. The van der Waals surface area contributed by atoms with Crippen molar-refractivity contribution in [2.24, 2.45) is 0 Å². The van der Waals surface area contributed by atoms with Gasteiger partial charge in [-0.15, -0.1) is 5.10 Å². The minimum atomic E-state index is -0.210. The highest BCUT2D eigenvalue weighted by atomic mass is 35.5. The lowest BCUT2D eigenvalue weighted by Crippen LogP contribution is -2.28. The smallest absolute Gasteiger partial charge is 0.250 e. The standard InChI is InChI=1S/C20H20ClN5O2/c1-12(27)22-19-24-20-23-17(13-3-7-15(21)8-4-13)11-18(26(20)25-19)14-5-9-16(28-2)10-6-14/h3-10,17-18H,11H2,1-2H3,(H2,22,23,24,25,27)/t17-,18+/m1/s1. The molecule has 8 heteroatoms. The first-order valence-corrected chi connectivity index (χ1v) is 9.31. The molecule has 1 aliphatic heterocycles. The monoisotopic (exact) mass is 397 g/mol. The quantitative estimate of drug-likeness (QED) is 0.694. The van der Waals surface area contributed by atoms with E-state index in [9.17, 15) is 4.79 Å². The number of carbonyl (C=O) groups is 1. The first-order chi connectivity index (χ1) is 13.5. The molecule has 3 aromatic rings. The second kappa shape index (κ2) is 7.52. The zero-order valence-corrected chi connectivity index (χ0v) is 16.3. The fourth-order valence-corrected chi connectivity index (χ4v) is 3.53. The van der Waals surface area contributed by atoms with Crippen molar-refractivity contribution in [3.63, 3.8) is 0 Å². The molecule has 1 aromatic heterocycles. The molecule has 2 N–H and O–H groups in total. The molecule has 0 radical (unpaired) electrons. The number of amides is 1. The molecule has 1 amide bonds. The first kappa shape index (κ1) is 18.3. The van der Waals surface area contributed by atoms with Gasteiger partial charge in [-0.1, -0.05) is 35.9 Å². The number of fused-ring (bicyclic) bond motifs is 1. The molecule has 0 bridgehead atoms. The Morgan fingerprint density at radius 2 is 1.86 bits per heavy atom. The molecule has 28 heavy (non-hydrogen) atoms. The van der Waals surface area contributed by atoms with Crippen LogP contribution in [0.15, 0.2) is 48.5 Å². The number of hydrogen-bond acceptors (Lipinski definition) is 5. The third kappa shape index (κ3) is 3.66. The number of anilines is 2. The molecular formula is C20H20ClN5O2. The maximum Gasteiger partial charge on any atom is 0.250 e. The van der Waals surface area contributed by atoms with Gasteiger partial charge in [-0.2, -0.15) is 4.98 Å². The molecular weight excluding hydrogens is 378 g/mol. The fraction of sp³-hybridized carbons (Fsp3) is 0.250. The van der Waals surface area contributed by atoms with E-state index in [1.54, 1.807) is 7.11 Å². The van der Waals surface area contributed by atoms with E-state index in [1.807, 2.05) is 53.2 Å². The third-order valence-corrected chi connectivity index (χ3v) is 5.00. The number of hydrogen-bond donors (Lipinski definition) is 2. The molecule has 2 aromatic carbocycles. The molecule has 0 spiro atoms. The second-order valence-corrected chi connectivity index (χ2v) is 7.09. The van der Waals surface area contributed by atoms with Crippen LogP contribution in [0.3, 0.4) is 0 Å². The Kier molecular flexibility index (Phi) is 4.92. The van der Waals surface area contributed by atoms with Gasteiger partial charge in [0, 0.05) is 11.9 Å². The van der Waals surface area contributed by atoms with E-state index in [1.165, 1.54) is 6.92 Å². The highest BCUT2D eigenvalue weighted by molar-refractivity contribution is 6.30. The van der Waals surface area contributed by atoms with E-state index in [-0.39, 0.29) is 23.9 Å². The van der Waals surface area contributed by atoms with Crippen molar-refractivity contribution in [1.82, 2.24) is 14.8 Å². The Morgan fingerprint density at radius 3 is 2.50 bits per heavy atom. The largest absolute Gasteiger partial charge is 0.497 e. The van der Waals surface area contributed by atoms with Crippen molar-refractivity contribution >= 4 is 29.4 Å². The maximum absolute atomic E-state index is 11.4. The summed E-state index contributed by atoms with van der Waals surface area (Å²) in [5, 5.41) is 11.3. The van der Waals surface area contributed by atoms with Crippen LogP contribution in [-0.2, 0) is 4.79 Å². The lowest BCUT2D eigenvalue weighted by Gasteiger charge is -2.31. The second-order valence-electron chi connectivity index (χ2n) is 6.66. The van der Waals surface area contributed by atoms with Crippen LogP contribution in [0.2, 0.25) is 5.02 Å². The van der Waals surface area contributed by atoms with Crippen LogP contribution < -0.4 is 15.4 Å². The van der Waals surface area contributed by atoms with Crippen LogP contribution in [0, 0.1) is 0 Å². The Hall–Kier alpha value is -3.06. The van der Waals surface area contributed by atoms with Gasteiger partial charge in [0.25, 0.3) is 5.95 Å². The summed E-state index contributed by atoms with van der Waals surface area (Å²) in [6, 6.07) is 15.7. The number of nitrogens with zero attached hydrogens (tertiary/aromatic N) is 3. The average molecular weight is 398 g/mol. The molecule has 0 fully saturated rings. The zero-order chi connectivity index (χ0) is 19.7. The summed E-state index contributed by atoms with van der Waals surface area (Å²) in [6.07, 6.45) is 0.768. The van der Waals surface area contributed by atoms with Crippen LogP contribution >= 0.6 is 11.6 Å². The molecule has 7 nitrogen and oxygen atoms in total. The van der Waals surface area contributed by atoms with E-state index in [0.717, 1.165) is 23.3 Å². The van der Waals surface area contributed by atoms with Crippen LogP contribution in [-0.4, -0.2) is 27.8 Å². The topological polar surface area (TPSA) is 81.1 Å². The van der Waals surface area contributed by atoms with Crippen molar-refractivity contribution in [3.05, 3.63) is 64.7 Å². The predicted molar refractivity (Wildman–Crippen MR) is 108 cm³/mol. The number of rotatable bonds is 4. The molecule has 4 rings (SSSR count). The van der Waals surface area contributed by atoms with E-state index in [0.29, 0.717) is 11.0 Å². The Morgan fingerprint density at radius 1 is 1.18 bits per heavy atom. The van der Waals surface area contributed by atoms with Gasteiger partial charge in [-0.3, -0.25) is 10.1 Å². The van der Waals surface area contributed by atoms with E-state index in [2.05, 4.69) is 20.7 Å². The normalized spacial score (nSPS) is 18.1. The molecule has 2 atom stereocenters. The van der Waals surface area contributed by atoms with E-state index >= 15 is 0 Å². The van der Waals surface area contributed by atoms with E-state index < -0.39 is 0 Å². The zero-order valence-electron chi connectivity index (χ0n) is 15.5. The SMILES string of the molecule is COc1ccc([C@@H]2C[C@H](c3ccc(Cl)cc3)Nc3nc(NC(C)=O)nn32)cc1. The van der Waals surface area contributed by atoms with Crippen LogP contribution in [0.1, 0.15) is 36.6 Å². The number of ether oxygens (including phenoxy) is 1. The first-order valence-electron chi connectivity index (χ1n) is 8.93. The summed E-state index contributed by atoms with van der Waals surface area (Å²) in [5.41, 5.74) is 2.19. The molecule has 2 heterocycles. The molecule has 144 valence electrons. The Bertz CT molecular complexity index is 985. The Balaban J connectivity index is 1.73. The van der Waals surface area contributed by atoms with Crippen molar-refractivity contribution < 1.29 is 9.53 Å². The minimum Gasteiger partial charge on any atom is -0.497 e. The number of benzene rings is 2. The average Bonchev–Trinajstić information content (AvgIpc) is 3.09. The summed E-state index contributed by atoms with van der Waals surface area (Å²) in [6.45, 7) is 1.44. The van der Waals surface area contributed by atoms with Crippen molar-refractivity contribution in [3.8, 4) is 5.75 Å². The van der Waals surface area contributed by atoms with Gasteiger partial charge in [-0.05, 0) is 41.8 Å². The van der Waals surface area contributed by atoms with Gasteiger partial charge in [0.05, 0.1) is 19.2 Å². The molecule has 1 aliphatic rings. The minimum absolute atomic E-state index is 0.0336. The predicted octanol–water partition coefficient (Wildman–Crippen LogP) is 4.04. The van der Waals surface area contributed by atoms with Gasteiger partial charge in [-0.25, -0.2) is 4.68 Å². The number of carbonyl (C=O) groups excluding carboxylic acids is 1. The van der Waals surface area contributed by atoms with Crippen molar-refractivity contribution in [2.45, 2.75) is 25.4 Å². The molecule has 0 saturated heterocycles. The van der Waals surface area contributed by atoms with Gasteiger partial charge >= 0.3 is 0 Å². The van der Waals surface area contributed by atoms with E-state index in [4.69, 9.17) is 16.3 Å². The van der Waals surface area contributed by atoms with Crippen LogP contribution in [0.5, 0.6) is 5.75 Å². The van der Waals surface area contributed by atoms with Gasteiger partial charge in [0.1, 0.15) is 5.75 Å². The van der Waals surface area contributed by atoms with Gasteiger partial charge < -0.3 is 10.1 Å². The summed E-state index contributed by atoms with van der Waals surface area (Å²) in [4.78, 5) is 15.9. The lowest BCUT2D eigenvalue weighted by atomic mass is 9.93. The molecule has 0 saturated carbocycles. The maximum atomic E-state index is 11.4. The third-order valence-electron chi connectivity index (χ3n) is 4.75. The summed E-state index contributed by atoms with van der Waals surface area (Å²) >= 11 is 6.04. The fourth-order valence-electron chi connectivity index (χ4n) is 3.41. The number of aromatic nitrogens is 3. The number of methoxy groups -OCH3 is 1. The highest BCUT2D eigenvalue weighted by Crippen LogP contribution is 2.38. The number of halogens is 1. The Labute approximate surface area is 167 Å². The summed E-state index contributed by atoms with van der Waals surface area (Å²) in [5.74, 6) is 1.48. The highest BCUT2D eigenvalue weighted by Gasteiger charge is 2.31. The number of nitrogens with one attached hydrogen (secondary N) is 2. The van der Waals surface area contributed by atoms with Crippen molar-refractivity contribution in [2.75, 3.05) is 17.7 Å².